The zero-order chi connectivity index (χ0) is 15.5. The maximum atomic E-state index is 13.6. The number of anilines is 1. The molecule has 4 nitrogen and oxygen atoms in total. The first kappa shape index (κ1) is 14.8. The third kappa shape index (κ3) is 3.20. The predicted molar refractivity (Wildman–Crippen MR) is 87.4 cm³/mol. The van der Waals surface area contributed by atoms with Gasteiger partial charge < -0.3 is 0 Å². The average molecular weight is 378 g/mol. The van der Waals surface area contributed by atoms with Gasteiger partial charge in [0.1, 0.15) is 10.8 Å². The second-order valence-electron chi connectivity index (χ2n) is 4.35. The minimum absolute atomic E-state index is 0.0251. The highest BCUT2D eigenvalue weighted by atomic mass is 79.9. The normalized spacial score (nSPS) is 10.5. The van der Waals surface area contributed by atoms with Crippen LogP contribution in [-0.4, -0.2) is 16.1 Å². The van der Waals surface area contributed by atoms with Crippen LogP contribution < -0.4 is 5.32 Å². The molecule has 1 heterocycles. The van der Waals surface area contributed by atoms with E-state index in [1.165, 1.54) is 29.5 Å². The Morgan fingerprint density at radius 2 is 1.82 bits per heavy atom. The molecule has 0 fully saturated rings. The molecule has 0 aliphatic rings. The second-order valence-corrected chi connectivity index (χ2v) is 6.25. The fourth-order valence-corrected chi connectivity index (χ4v) is 2.80. The van der Waals surface area contributed by atoms with E-state index in [1.54, 1.807) is 6.07 Å². The van der Waals surface area contributed by atoms with E-state index >= 15 is 0 Å². The first-order chi connectivity index (χ1) is 10.6. The van der Waals surface area contributed by atoms with Gasteiger partial charge in [-0.3, -0.25) is 10.1 Å². The average Bonchev–Trinajstić information content (AvgIpc) is 2.97. The van der Waals surface area contributed by atoms with E-state index in [0.717, 1.165) is 10.0 Å². The fourth-order valence-electron chi connectivity index (χ4n) is 1.79. The predicted octanol–water partition coefficient (Wildman–Crippen LogP) is 4.36. The van der Waals surface area contributed by atoms with E-state index in [-0.39, 0.29) is 5.56 Å². The van der Waals surface area contributed by atoms with E-state index in [2.05, 4.69) is 31.4 Å². The largest absolute Gasteiger partial charge is 0.296 e. The maximum absolute atomic E-state index is 13.6. The van der Waals surface area contributed by atoms with Gasteiger partial charge in [0.25, 0.3) is 5.91 Å². The van der Waals surface area contributed by atoms with E-state index < -0.39 is 11.7 Å². The number of hydrogen-bond acceptors (Lipinski definition) is 4. The van der Waals surface area contributed by atoms with Crippen LogP contribution in [0.2, 0.25) is 0 Å². The van der Waals surface area contributed by atoms with Gasteiger partial charge in [0.05, 0.1) is 5.56 Å². The van der Waals surface area contributed by atoms with Gasteiger partial charge in [-0.25, -0.2) is 4.39 Å². The van der Waals surface area contributed by atoms with Crippen LogP contribution in [0.15, 0.2) is 53.0 Å². The van der Waals surface area contributed by atoms with Crippen LogP contribution in [0, 0.1) is 5.82 Å². The van der Waals surface area contributed by atoms with Gasteiger partial charge in [-0.1, -0.05) is 51.5 Å². The molecule has 1 N–H and O–H groups in total. The Kier molecular flexibility index (Phi) is 4.26. The molecule has 0 spiro atoms. The van der Waals surface area contributed by atoms with Crippen LogP contribution in [0.1, 0.15) is 10.4 Å². The molecule has 22 heavy (non-hydrogen) atoms. The second kappa shape index (κ2) is 6.33. The molecule has 1 amide bonds. The fraction of sp³-hybridized carbons (Fsp3) is 0. The topological polar surface area (TPSA) is 54.9 Å². The SMILES string of the molecule is O=C(Nc1nnc(-c2ccc(Br)cc2)s1)c1ccccc1F. The number of rotatable bonds is 3. The number of carbonyl (C=O) groups excluding carboxylic acids is 1. The van der Waals surface area contributed by atoms with Crippen molar-refractivity contribution in [2.75, 3.05) is 5.32 Å². The van der Waals surface area contributed by atoms with Crippen molar-refractivity contribution in [3.8, 4) is 10.6 Å². The van der Waals surface area contributed by atoms with Crippen LogP contribution >= 0.6 is 27.3 Å². The molecule has 0 radical (unpaired) electrons. The van der Waals surface area contributed by atoms with Gasteiger partial charge >= 0.3 is 0 Å². The summed E-state index contributed by atoms with van der Waals surface area (Å²) in [5.41, 5.74) is 0.870. The van der Waals surface area contributed by atoms with Gasteiger partial charge in [0.2, 0.25) is 5.13 Å². The number of halogens is 2. The zero-order valence-electron chi connectivity index (χ0n) is 11.1. The molecule has 0 atom stereocenters. The van der Waals surface area contributed by atoms with Crippen LogP contribution in [0.25, 0.3) is 10.6 Å². The van der Waals surface area contributed by atoms with Gasteiger partial charge in [-0.05, 0) is 24.3 Å². The van der Waals surface area contributed by atoms with Gasteiger partial charge in [-0.15, -0.1) is 10.2 Å². The van der Waals surface area contributed by atoms with E-state index in [9.17, 15) is 9.18 Å². The van der Waals surface area contributed by atoms with Crippen LogP contribution in [0.4, 0.5) is 9.52 Å². The van der Waals surface area contributed by atoms with Crippen LogP contribution in [0.5, 0.6) is 0 Å². The Balaban J connectivity index is 1.78. The summed E-state index contributed by atoms with van der Waals surface area (Å²) in [4.78, 5) is 12.0. The van der Waals surface area contributed by atoms with Crippen molar-refractivity contribution in [3.05, 3.63) is 64.4 Å². The molecule has 0 bridgehead atoms. The number of nitrogens with zero attached hydrogens (tertiary/aromatic N) is 2. The van der Waals surface area contributed by atoms with Crippen LogP contribution in [0.3, 0.4) is 0 Å². The van der Waals surface area contributed by atoms with Gasteiger partial charge in [0, 0.05) is 10.0 Å². The third-order valence-electron chi connectivity index (χ3n) is 2.86. The lowest BCUT2D eigenvalue weighted by Gasteiger charge is -2.01. The molecule has 0 saturated carbocycles. The molecule has 0 unspecified atom stereocenters. The minimum atomic E-state index is -0.572. The summed E-state index contributed by atoms with van der Waals surface area (Å²) in [6.07, 6.45) is 0. The first-order valence-electron chi connectivity index (χ1n) is 6.29. The summed E-state index contributed by atoms with van der Waals surface area (Å²) in [6.45, 7) is 0. The molecule has 3 aromatic rings. The lowest BCUT2D eigenvalue weighted by atomic mass is 10.2. The molecular formula is C15H9BrFN3OS. The first-order valence-corrected chi connectivity index (χ1v) is 7.90. The van der Waals surface area contributed by atoms with E-state index in [4.69, 9.17) is 0 Å². The van der Waals surface area contributed by atoms with Gasteiger partial charge in [-0.2, -0.15) is 0 Å². The highest BCUT2D eigenvalue weighted by Crippen LogP contribution is 2.27. The quantitative estimate of drug-likeness (QED) is 0.737. The molecule has 7 heteroatoms. The Morgan fingerprint density at radius 1 is 1.09 bits per heavy atom. The molecular weight excluding hydrogens is 369 g/mol. The van der Waals surface area contributed by atoms with Crippen molar-refractivity contribution in [1.29, 1.82) is 0 Å². The van der Waals surface area contributed by atoms with Gasteiger partial charge in [0.15, 0.2) is 0 Å². The standard InChI is InChI=1S/C15H9BrFN3OS/c16-10-7-5-9(6-8-10)14-19-20-15(22-14)18-13(21)11-3-1-2-4-12(11)17/h1-8H,(H,18,20,21). The van der Waals surface area contributed by atoms with Crippen LogP contribution in [-0.2, 0) is 0 Å². The van der Waals surface area contributed by atoms with Crippen molar-refractivity contribution in [1.82, 2.24) is 10.2 Å². The molecule has 1 aromatic heterocycles. The summed E-state index contributed by atoms with van der Waals surface area (Å²) in [5.74, 6) is -1.12. The van der Waals surface area contributed by atoms with Crippen molar-refractivity contribution in [3.63, 3.8) is 0 Å². The smallest absolute Gasteiger partial charge is 0.260 e. The molecule has 0 saturated heterocycles. The van der Waals surface area contributed by atoms with Crippen molar-refractivity contribution in [2.45, 2.75) is 0 Å². The minimum Gasteiger partial charge on any atom is -0.296 e. The Hall–Kier alpha value is -2.12. The summed E-state index contributed by atoms with van der Waals surface area (Å²) >= 11 is 4.59. The van der Waals surface area contributed by atoms with Crippen molar-refractivity contribution >= 4 is 38.3 Å². The highest BCUT2D eigenvalue weighted by Gasteiger charge is 2.14. The molecule has 3 rings (SSSR count). The third-order valence-corrected chi connectivity index (χ3v) is 4.27. The van der Waals surface area contributed by atoms with E-state index in [1.807, 2.05) is 24.3 Å². The lowest BCUT2D eigenvalue weighted by molar-refractivity contribution is 0.102. The summed E-state index contributed by atoms with van der Waals surface area (Å²) < 4.78 is 14.5. The molecule has 110 valence electrons. The zero-order valence-corrected chi connectivity index (χ0v) is 13.5. The Morgan fingerprint density at radius 3 is 2.55 bits per heavy atom. The summed E-state index contributed by atoms with van der Waals surface area (Å²) in [7, 11) is 0. The maximum Gasteiger partial charge on any atom is 0.260 e. The number of benzene rings is 2. The Bertz CT molecular complexity index is 820. The number of amides is 1. The summed E-state index contributed by atoms with van der Waals surface area (Å²) in [5, 5.41) is 11.5. The molecule has 0 aliphatic carbocycles. The highest BCUT2D eigenvalue weighted by molar-refractivity contribution is 9.10. The molecule has 2 aromatic carbocycles. The number of carbonyl (C=O) groups is 1. The lowest BCUT2D eigenvalue weighted by Crippen LogP contribution is -2.13. The van der Waals surface area contributed by atoms with E-state index in [0.29, 0.717) is 10.1 Å². The summed E-state index contributed by atoms with van der Waals surface area (Å²) in [6, 6.07) is 13.4. The van der Waals surface area contributed by atoms with Crippen molar-refractivity contribution in [2.24, 2.45) is 0 Å². The molecule has 0 aliphatic heterocycles. The number of hydrogen-bond donors (Lipinski definition) is 1. The van der Waals surface area contributed by atoms with Crippen molar-refractivity contribution < 1.29 is 9.18 Å². The number of aromatic nitrogens is 2. The number of nitrogens with one attached hydrogen (secondary N) is 1. The monoisotopic (exact) mass is 377 g/mol. The Labute approximate surface area is 138 Å².